The number of aryl methyl sites for hydroxylation is 1. The van der Waals surface area contributed by atoms with Gasteiger partial charge in [0.1, 0.15) is 23.6 Å². The van der Waals surface area contributed by atoms with E-state index in [1.807, 2.05) is 49.4 Å². The van der Waals surface area contributed by atoms with E-state index in [9.17, 15) is 14.7 Å². The van der Waals surface area contributed by atoms with E-state index in [1.54, 1.807) is 12.1 Å². The summed E-state index contributed by atoms with van der Waals surface area (Å²) in [6.07, 6.45) is 4.67. The van der Waals surface area contributed by atoms with Crippen molar-refractivity contribution in [1.29, 1.82) is 0 Å². The first-order valence-electron chi connectivity index (χ1n) is 16.0. The zero-order chi connectivity index (χ0) is 31.0. The highest BCUT2D eigenvalue weighted by Gasteiger charge is 2.62. The van der Waals surface area contributed by atoms with Crippen LogP contribution in [-0.2, 0) is 4.79 Å². The molecule has 4 saturated carbocycles. The van der Waals surface area contributed by atoms with Gasteiger partial charge in [-0.1, -0.05) is 55.8 Å². The van der Waals surface area contributed by atoms with Gasteiger partial charge in [0.25, 0.3) is 5.91 Å². The number of aromatic nitrogens is 1. The van der Waals surface area contributed by atoms with E-state index in [1.165, 1.54) is 6.42 Å². The Hall–Kier alpha value is -3.42. The van der Waals surface area contributed by atoms with Gasteiger partial charge >= 0.3 is 5.97 Å². The summed E-state index contributed by atoms with van der Waals surface area (Å²) in [5.41, 5.74) is 3.30. The third-order valence-electron chi connectivity index (χ3n) is 10.4. The molecule has 2 N–H and O–H groups in total. The van der Waals surface area contributed by atoms with Gasteiger partial charge in [-0.05, 0) is 111 Å². The van der Waals surface area contributed by atoms with Crippen molar-refractivity contribution in [3.8, 4) is 28.1 Å². The molecule has 4 aliphatic rings. The zero-order valence-electron chi connectivity index (χ0n) is 25.8. The Morgan fingerprint density at radius 2 is 1.66 bits per heavy atom. The summed E-state index contributed by atoms with van der Waals surface area (Å²) in [5, 5.41) is 14.1. The Morgan fingerprint density at radius 3 is 2.30 bits per heavy atom. The molecule has 8 heteroatoms. The molecule has 4 fully saturated rings. The number of carboxylic acids is 1. The summed E-state index contributed by atoms with van der Waals surface area (Å²) < 4.78 is 6.13. The number of likely N-dealkylation sites (N-methyl/N-ethyl adjacent to an activating group) is 1. The predicted molar refractivity (Wildman–Crippen MR) is 173 cm³/mol. The van der Waals surface area contributed by atoms with Gasteiger partial charge in [0.05, 0.1) is 10.7 Å². The predicted octanol–water partition coefficient (Wildman–Crippen LogP) is 7.11. The molecule has 0 radical (unpaired) electrons. The molecule has 1 amide bonds. The number of nitrogens with one attached hydrogen (secondary N) is 1. The smallest absolute Gasteiger partial charge is 0.330 e. The fraction of sp³-hybridized carbons (Fsp3) is 0.472. The first kappa shape index (κ1) is 30.6. The van der Waals surface area contributed by atoms with E-state index >= 15 is 0 Å². The number of carbonyl (C=O) groups is 2. The Labute approximate surface area is 265 Å². The molecule has 7 rings (SSSR count). The van der Waals surface area contributed by atoms with Crippen LogP contribution in [0.2, 0.25) is 5.02 Å². The van der Waals surface area contributed by atoms with Gasteiger partial charge in [0, 0.05) is 17.7 Å². The zero-order valence-corrected chi connectivity index (χ0v) is 26.6. The standard InChI is InChI=1S/C36H42ClN3O4/c1-4-40(5-2)14-15-44-32-21-25(10-12-30(32)37)33-29(28-9-7-6-8-22(28)3)11-13-31(38-33)34(41)39-36(35(42)43)26-17-23-16-24(19-26)20-27(36)18-23/h6-13,21,23-24,26-27H,4-5,14-20H2,1-3H3,(H,39,41)(H,42,43). The SMILES string of the molecule is CCN(CC)CCOc1cc(-c2nc(C(=O)NC3(C(=O)O)C4CC5CC(C4)CC3C5)ccc2-c2ccccc2C)ccc1Cl. The maximum Gasteiger partial charge on any atom is 0.330 e. The number of amides is 1. The number of ether oxygens (including phenoxy) is 1. The van der Waals surface area contributed by atoms with Crippen molar-refractivity contribution in [1.82, 2.24) is 15.2 Å². The van der Waals surface area contributed by atoms with E-state index in [0.717, 1.165) is 67.6 Å². The second kappa shape index (κ2) is 12.5. The van der Waals surface area contributed by atoms with Crippen molar-refractivity contribution in [2.75, 3.05) is 26.2 Å². The van der Waals surface area contributed by atoms with Crippen LogP contribution in [0.4, 0.5) is 0 Å². The molecule has 0 spiro atoms. The summed E-state index contributed by atoms with van der Waals surface area (Å²) in [7, 11) is 0. The minimum absolute atomic E-state index is 0.0433. The highest BCUT2D eigenvalue weighted by atomic mass is 35.5. The molecule has 3 aromatic rings. The number of pyridine rings is 1. The third kappa shape index (κ3) is 5.61. The van der Waals surface area contributed by atoms with Crippen LogP contribution in [0.3, 0.4) is 0 Å². The number of carboxylic acid groups (broad SMARTS) is 1. The highest BCUT2D eigenvalue weighted by molar-refractivity contribution is 6.32. The Bertz CT molecular complexity index is 1520. The van der Waals surface area contributed by atoms with Crippen molar-refractivity contribution < 1.29 is 19.4 Å². The van der Waals surface area contributed by atoms with Gasteiger partial charge < -0.3 is 20.1 Å². The van der Waals surface area contributed by atoms with Gasteiger partial charge in [0.15, 0.2) is 0 Å². The Balaban J connectivity index is 1.36. The number of hydrogen-bond donors (Lipinski definition) is 2. The lowest BCUT2D eigenvalue weighted by Crippen LogP contribution is -2.70. The fourth-order valence-corrected chi connectivity index (χ4v) is 8.44. The lowest BCUT2D eigenvalue weighted by Gasteiger charge is -2.59. The highest BCUT2D eigenvalue weighted by Crippen LogP contribution is 2.58. The molecule has 4 aliphatic carbocycles. The van der Waals surface area contributed by atoms with Crippen LogP contribution in [0, 0.1) is 30.6 Å². The monoisotopic (exact) mass is 615 g/mol. The average molecular weight is 616 g/mol. The van der Waals surface area contributed by atoms with Crippen molar-refractivity contribution in [3.05, 3.63) is 70.9 Å². The molecule has 232 valence electrons. The van der Waals surface area contributed by atoms with Gasteiger partial charge in [-0.3, -0.25) is 4.79 Å². The lowest BCUT2D eigenvalue weighted by molar-refractivity contribution is -0.163. The van der Waals surface area contributed by atoms with E-state index in [-0.39, 0.29) is 17.5 Å². The number of rotatable bonds is 11. The van der Waals surface area contributed by atoms with Gasteiger partial charge in [0.2, 0.25) is 0 Å². The van der Waals surface area contributed by atoms with Crippen LogP contribution in [-0.4, -0.2) is 58.6 Å². The molecular formula is C36H42ClN3O4. The van der Waals surface area contributed by atoms with Crippen LogP contribution >= 0.6 is 11.6 Å². The van der Waals surface area contributed by atoms with Crippen LogP contribution in [0.1, 0.15) is 62.0 Å². The van der Waals surface area contributed by atoms with Crippen LogP contribution < -0.4 is 10.1 Å². The first-order valence-corrected chi connectivity index (χ1v) is 16.4. The summed E-state index contributed by atoms with van der Waals surface area (Å²) in [5.74, 6) is 0.267. The fourth-order valence-electron chi connectivity index (χ4n) is 8.27. The molecule has 4 bridgehead atoms. The number of nitrogens with zero attached hydrogens (tertiary/aromatic N) is 2. The normalized spacial score (nSPS) is 25.3. The summed E-state index contributed by atoms with van der Waals surface area (Å²) in [4.78, 5) is 34.1. The number of carbonyl (C=O) groups excluding carboxylic acids is 1. The van der Waals surface area contributed by atoms with E-state index in [0.29, 0.717) is 34.9 Å². The van der Waals surface area contributed by atoms with Crippen LogP contribution in [0.15, 0.2) is 54.6 Å². The molecule has 0 atom stereocenters. The van der Waals surface area contributed by atoms with Gasteiger partial charge in [-0.2, -0.15) is 0 Å². The number of hydrogen-bond acceptors (Lipinski definition) is 5. The summed E-state index contributed by atoms with van der Waals surface area (Å²) >= 11 is 6.57. The minimum atomic E-state index is -1.24. The topological polar surface area (TPSA) is 91.8 Å². The number of aliphatic carboxylic acids is 1. The molecular weight excluding hydrogens is 574 g/mol. The van der Waals surface area contributed by atoms with E-state index in [4.69, 9.17) is 21.3 Å². The molecule has 1 heterocycles. The number of halogens is 1. The largest absolute Gasteiger partial charge is 0.491 e. The molecule has 0 saturated heterocycles. The lowest BCUT2D eigenvalue weighted by atomic mass is 9.48. The second-order valence-electron chi connectivity index (χ2n) is 12.9. The number of benzene rings is 2. The van der Waals surface area contributed by atoms with Crippen molar-refractivity contribution >= 4 is 23.5 Å². The first-order chi connectivity index (χ1) is 21.2. The van der Waals surface area contributed by atoms with E-state index < -0.39 is 17.4 Å². The maximum absolute atomic E-state index is 13.9. The van der Waals surface area contributed by atoms with Crippen molar-refractivity contribution in [2.24, 2.45) is 23.7 Å². The molecule has 0 unspecified atom stereocenters. The Morgan fingerprint density at radius 1 is 0.977 bits per heavy atom. The molecule has 0 aliphatic heterocycles. The minimum Gasteiger partial charge on any atom is -0.491 e. The quantitative estimate of drug-likeness (QED) is 0.239. The maximum atomic E-state index is 13.9. The van der Waals surface area contributed by atoms with E-state index in [2.05, 4.69) is 24.1 Å². The van der Waals surface area contributed by atoms with Crippen LogP contribution in [0.25, 0.3) is 22.4 Å². The van der Waals surface area contributed by atoms with Crippen molar-refractivity contribution in [2.45, 2.75) is 58.4 Å². The second-order valence-corrected chi connectivity index (χ2v) is 13.3. The molecule has 44 heavy (non-hydrogen) atoms. The average Bonchev–Trinajstić information content (AvgIpc) is 3.01. The summed E-state index contributed by atoms with van der Waals surface area (Å²) in [6, 6.07) is 17.3. The van der Waals surface area contributed by atoms with Crippen molar-refractivity contribution in [3.63, 3.8) is 0 Å². The Kier molecular flexibility index (Phi) is 8.71. The van der Waals surface area contributed by atoms with Gasteiger partial charge in [-0.15, -0.1) is 0 Å². The summed E-state index contributed by atoms with van der Waals surface area (Å²) in [6.45, 7) is 9.46. The third-order valence-corrected chi connectivity index (χ3v) is 10.7. The van der Waals surface area contributed by atoms with Crippen LogP contribution in [0.5, 0.6) is 5.75 Å². The van der Waals surface area contributed by atoms with Gasteiger partial charge in [-0.25, -0.2) is 9.78 Å². The molecule has 7 nitrogen and oxygen atoms in total. The molecule has 1 aromatic heterocycles. The molecule has 2 aromatic carbocycles.